The predicted molar refractivity (Wildman–Crippen MR) is 94.5 cm³/mol. The normalized spacial score (nSPS) is 21.4. The lowest BCUT2D eigenvalue weighted by molar-refractivity contribution is 0.532. The maximum absolute atomic E-state index is 12.8. The van der Waals surface area contributed by atoms with Crippen LogP contribution in [0.2, 0.25) is 0 Å². The van der Waals surface area contributed by atoms with Crippen LogP contribution in [0, 0.1) is 5.92 Å². The monoisotopic (exact) mass is 340 g/mol. The van der Waals surface area contributed by atoms with Crippen molar-refractivity contribution in [2.45, 2.75) is 37.0 Å². The first-order valence-corrected chi connectivity index (χ1v) is 9.79. The molecule has 5 heteroatoms. The summed E-state index contributed by atoms with van der Waals surface area (Å²) in [6.07, 6.45) is 7.16. The van der Waals surface area contributed by atoms with Crippen LogP contribution in [-0.2, 0) is 10.0 Å². The van der Waals surface area contributed by atoms with E-state index in [2.05, 4.69) is 18.0 Å². The second-order valence-corrected chi connectivity index (χ2v) is 8.44. The fourth-order valence-electron chi connectivity index (χ4n) is 3.76. The number of benzene rings is 1. The van der Waals surface area contributed by atoms with Gasteiger partial charge in [-0.25, -0.2) is 17.4 Å². The van der Waals surface area contributed by atoms with E-state index in [-0.39, 0.29) is 4.90 Å². The topological polar surface area (TPSA) is 52.0 Å². The lowest BCUT2D eigenvalue weighted by atomic mass is 9.91. The Morgan fingerprint density at radius 2 is 1.92 bits per heavy atom. The van der Waals surface area contributed by atoms with Gasteiger partial charge in [-0.3, -0.25) is 0 Å². The van der Waals surface area contributed by atoms with Gasteiger partial charge in [-0.2, -0.15) is 0 Å². The first-order valence-electron chi connectivity index (χ1n) is 8.35. The van der Waals surface area contributed by atoms with E-state index < -0.39 is 10.0 Å². The SMILES string of the molecule is C[C@@H]1CCC[C@H]1c1cnc2c(ccn2S(=O)(=O)c2ccccc2)c1. The third kappa shape index (κ3) is 2.44. The molecule has 0 saturated heterocycles. The van der Waals surface area contributed by atoms with Crippen LogP contribution >= 0.6 is 0 Å². The van der Waals surface area contributed by atoms with Crippen molar-refractivity contribution in [3.05, 3.63) is 60.4 Å². The molecule has 0 spiro atoms. The largest absolute Gasteiger partial charge is 0.269 e. The Hall–Kier alpha value is -2.14. The number of pyridine rings is 1. The fourth-order valence-corrected chi connectivity index (χ4v) is 5.09. The third-order valence-electron chi connectivity index (χ3n) is 5.10. The van der Waals surface area contributed by atoms with Crippen LogP contribution in [0.5, 0.6) is 0 Å². The summed E-state index contributed by atoms with van der Waals surface area (Å²) < 4.78 is 26.9. The van der Waals surface area contributed by atoms with E-state index in [1.807, 2.05) is 12.3 Å². The zero-order valence-corrected chi connectivity index (χ0v) is 14.4. The molecule has 3 aromatic rings. The van der Waals surface area contributed by atoms with Crippen LogP contribution < -0.4 is 0 Å². The summed E-state index contributed by atoms with van der Waals surface area (Å²) in [5.41, 5.74) is 1.72. The fraction of sp³-hybridized carbons (Fsp3) is 0.316. The molecule has 0 radical (unpaired) electrons. The molecule has 24 heavy (non-hydrogen) atoms. The third-order valence-corrected chi connectivity index (χ3v) is 6.78. The number of hydrogen-bond donors (Lipinski definition) is 0. The van der Waals surface area contributed by atoms with Gasteiger partial charge in [-0.15, -0.1) is 0 Å². The smallest absolute Gasteiger partial charge is 0.237 e. The molecule has 0 amide bonds. The molecule has 1 aromatic carbocycles. The highest BCUT2D eigenvalue weighted by atomic mass is 32.2. The molecule has 1 aliphatic rings. The van der Waals surface area contributed by atoms with Gasteiger partial charge in [-0.1, -0.05) is 38.0 Å². The zero-order chi connectivity index (χ0) is 16.7. The molecule has 1 fully saturated rings. The molecule has 2 aromatic heterocycles. The second-order valence-electron chi connectivity index (χ2n) is 6.63. The number of fused-ring (bicyclic) bond motifs is 1. The van der Waals surface area contributed by atoms with Gasteiger partial charge in [0.15, 0.2) is 5.65 Å². The van der Waals surface area contributed by atoms with E-state index >= 15 is 0 Å². The molecule has 0 N–H and O–H groups in total. The minimum absolute atomic E-state index is 0.276. The Morgan fingerprint density at radius 1 is 1.12 bits per heavy atom. The molecule has 0 bridgehead atoms. The Morgan fingerprint density at radius 3 is 2.62 bits per heavy atom. The first-order chi connectivity index (χ1) is 11.6. The van der Waals surface area contributed by atoms with Gasteiger partial charge in [0.2, 0.25) is 0 Å². The van der Waals surface area contributed by atoms with Gasteiger partial charge in [0.05, 0.1) is 4.90 Å². The van der Waals surface area contributed by atoms with Crippen LogP contribution in [0.15, 0.2) is 59.8 Å². The Bertz CT molecular complexity index is 977. The molecule has 2 atom stereocenters. The highest BCUT2D eigenvalue weighted by molar-refractivity contribution is 7.90. The minimum atomic E-state index is -3.61. The van der Waals surface area contributed by atoms with Crippen LogP contribution in [0.4, 0.5) is 0 Å². The van der Waals surface area contributed by atoms with E-state index in [4.69, 9.17) is 0 Å². The molecule has 0 unspecified atom stereocenters. The average molecular weight is 340 g/mol. The Labute approximate surface area is 142 Å². The van der Waals surface area contributed by atoms with Crippen molar-refractivity contribution in [1.82, 2.24) is 8.96 Å². The summed E-state index contributed by atoms with van der Waals surface area (Å²) >= 11 is 0. The van der Waals surface area contributed by atoms with Gasteiger partial charge in [0.25, 0.3) is 10.0 Å². The van der Waals surface area contributed by atoms with Gasteiger partial charge in [0.1, 0.15) is 0 Å². The van der Waals surface area contributed by atoms with Crippen LogP contribution in [0.1, 0.15) is 37.7 Å². The average Bonchev–Trinajstić information content (AvgIpc) is 3.21. The molecule has 1 saturated carbocycles. The number of hydrogen-bond acceptors (Lipinski definition) is 3. The Balaban J connectivity index is 1.79. The predicted octanol–water partition coefficient (Wildman–Crippen LogP) is 4.18. The summed E-state index contributed by atoms with van der Waals surface area (Å²) in [5.74, 6) is 1.20. The molecule has 4 nitrogen and oxygen atoms in total. The molecule has 0 aliphatic heterocycles. The van der Waals surface area contributed by atoms with Crippen LogP contribution in [0.3, 0.4) is 0 Å². The quantitative estimate of drug-likeness (QED) is 0.719. The number of nitrogens with zero attached hydrogens (tertiary/aromatic N) is 2. The first kappa shape index (κ1) is 15.4. The van der Waals surface area contributed by atoms with Gasteiger partial charge >= 0.3 is 0 Å². The second kappa shape index (κ2) is 5.74. The lowest BCUT2D eigenvalue weighted by Gasteiger charge is -2.15. The zero-order valence-electron chi connectivity index (χ0n) is 13.6. The summed E-state index contributed by atoms with van der Waals surface area (Å²) in [6.45, 7) is 2.28. The van der Waals surface area contributed by atoms with E-state index in [1.165, 1.54) is 28.8 Å². The summed E-state index contributed by atoms with van der Waals surface area (Å²) in [6, 6.07) is 12.4. The minimum Gasteiger partial charge on any atom is -0.237 e. The standard InChI is InChI=1S/C19H20N2O2S/c1-14-6-5-9-18(14)16-12-15-10-11-21(19(15)20-13-16)24(22,23)17-7-3-2-4-8-17/h2-4,7-8,10-14,18H,5-6,9H2,1H3/t14-,18-/m1/s1. The molecule has 2 heterocycles. The summed E-state index contributed by atoms with van der Waals surface area (Å²) in [4.78, 5) is 4.77. The summed E-state index contributed by atoms with van der Waals surface area (Å²) in [5, 5.41) is 0.881. The Kier molecular flexibility index (Phi) is 3.68. The van der Waals surface area contributed by atoms with Crippen molar-refractivity contribution in [2.75, 3.05) is 0 Å². The molecule has 124 valence electrons. The van der Waals surface area contributed by atoms with E-state index in [0.717, 1.165) is 5.39 Å². The van der Waals surface area contributed by atoms with Crippen molar-refractivity contribution < 1.29 is 8.42 Å². The van der Waals surface area contributed by atoms with Gasteiger partial charge < -0.3 is 0 Å². The molecule has 1 aliphatic carbocycles. The maximum Gasteiger partial charge on any atom is 0.269 e. The van der Waals surface area contributed by atoms with Crippen molar-refractivity contribution in [3.63, 3.8) is 0 Å². The van der Waals surface area contributed by atoms with E-state index in [9.17, 15) is 8.42 Å². The number of rotatable bonds is 3. The van der Waals surface area contributed by atoms with Crippen molar-refractivity contribution in [2.24, 2.45) is 5.92 Å². The van der Waals surface area contributed by atoms with E-state index in [0.29, 0.717) is 17.5 Å². The van der Waals surface area contributed by atoms with Gasteiger partial charge in [-0.05, 0) is 48.1 Å². The molecular weight excluding hydrogens is 320 g/mol. The van der Waals surface area contributed by atoms with E-state index in [1.54, 1.807) is 36.5 Å². The van der Waals surface area contributed by atoms with Crippen molar-refractivity contribution in [1.29, 1.82) is 0 Å². The highest BCUT2D eigenvalue weighted by Crippen LogP contribution is 2.39. The van der Waals surface area contributed by atoms with Crippen LogP contribution in [-0.4, -0.2) is 17.4 Å². The lowest BCUT2D eigenvalue weighted by Crippen LogP contribution is -2.12. The molecule has 4 rings (SSSR count). The summed E-state index contributed by atoms with van der Waals surface area (Å²) in [7, 11) is -3.61. The highest BCUT2D eigenvalue weighted by Gasteiger charge is 2.26. The van der Waals surface area contributed by atoms with Crippen molar-refractivity contribution >= 4 is 21.1 Å². The van der Waals surface area contributed by atoms with Crippen molar-refractivity contribution in [3.8, 4) is 0 Å². The number of aromatic nitrogens is 2. The van der Waals surface area contributed by atoms with Crippen LogP contribution in [0.25, 0.3) is 11.0 Å². The molecular formula is C19H20N2O2S. The van der Waals surface area contributed by atoms with Gasteiger partial charge in [0, 0.05) is 17.8 Å². The maximum atomic E-state index is 12.8.